The molecule has 1 fully saturated rings. The monoisotopic (exact) mass is 206 g/mol. The topological polar surface area (TPSA) is 18.5 Å². The summed E-state index contributed by atoms with van der Waals surface area (Å²) in [6, 6.07) is 0. The van der Waals surface area contributed by atoms with Gasteiger partial charge in [-0.25, -0.2) is 0 Å². The molecule has 2 rings (SSSR count). The van der Waals surface area contributed by atoms with E-state index in [-0.39, 0.29) is 12.2 Å². The lowest BCUT2D eigenvalue weighted by atomic mass is 10.0. The van der Waals surface area contributed by atoms with Crippen LogP contribution in [-0.2, 0) is 9.47 Å². The molecule has 0 radical (unpaired) electrons. The largest absolute Gasteiger partial charge is 0.371 e. The zero-order chi connectivity index (χ0) is 10.7. The second kappa shape index (κ2) is 4.77. The van der Waals surface area contributed by atoms with E-state index in [1.807, 2.05) is 0 Å². The fourth-order valence-corrected chi connectivity index (χ4v) is 2.53. The Morgan fingerprint density at radius 2 is 1.47 bits per heavy atom. The van der Waals surface area contributed by atoms with Crippen LogP contribution in [-0.4, -0.2) is 25.4 Å². The lowest BCUT2D eigenvalue weighted by Gasteiger charge is -2.27. The first kappa shape index (κ1) is 10.7. The van der Waals surface area contributed by atoms with Crippen molar-refractivity contribution in [3.63, 3.8) is 0 Å². The maximum Gasteiger partial charge on any atom is 0.0909 e. The Balaban J connectivity index is 1.96. The van der Waals surface area contributed by atoms with E-state index in [0.29, 0.717) is 25.0 Å². The summed E-state index contributed by atoms with van der Waals surface area (Å²) in [6.45, 7) is 8.56. The molecule has 2 nitrogen and oxygen atoms in total. The van der Waals surface area contributed by atoms with Gasteiger partial charge in [-0.1, -0.05) is 24.3 Å². The van der Waals surface area contributed by atoms with Crippen LogP contribution in [0.2, 0.25) is 0 Å². The number of ether oxygens (including phenoxy) is 2. The van der Waals surface area contributed by atoms with E-state index in [4.69, 9.17) is 9.47 Å². The standard InChI is InChI=1S/C13H18O2/c1-3-7-14-12-10-5-6-11(9-10)13(12)15-8-4-2/h3-6,10-13H,1-2,7-9H2/t10?,11?,12-,13?/m1/s1. The van der Waals surface area contributed by atoms with E-state index in [1.165, 1.54) is 6.42 Å². The maximum atomic E-state index is 5.77. The Hall–Kier alpha value is -0.860. The molecule has 2 aliphatic rings. The number of hydrogen-bond acceptors (Lipinski definition) is 2. The molecule has 0 aromatic carbocycles. The van der Waals surface area contributed by atoms with E-state index < -0.39 is 0 Å². The van der Waals surface area contributed by atoms with Gasteiger partial charge in [0.2, 0.25) is 0 Å². The third-order valence-corrected chi connectivity index (χ3v) is 3.13. The van der Waals surface area contributed by atoms with Crippen LogP contribution in [0.5, 0.6) is 0 Å². The van der Waals surface area contributed by atoms with Gasteiger partial charge >= 0.3 is 0 Å². The molecule has 0 spiro atoms. The van der Waals surface area contributed by atoms with Gasteiger partial charge in [0, 0.05) is 11.8 Å². The molecule has 0 heterocycles. The first-order chi connectivity index (χ1) is 7.36. The zero-order valence-corrected chi connectivity index (χ0v) is 8.97. The van der Waals surface area contributed by atoms with Crippen molar-refractivity contribution >= 4 is 0 Å². The van der Waals surface area contributed by atoms with Crippen LogP contribution in [0.15, 0.2) is 37.5 Å². The average Bonchev–Trinajstić information content (AvgIpc) is 2.83. The minimum Gasteiger partial charge on any atom is -0.371 e. The van der Waals surface area contributed by atoms with E-state index in [1.54, 1.807) is 12.2 Å². The molecule has 15 heavy (non-hydrogen) atoms. The summed E-state index contributed by atoms with van der Waals surface area (Å²) in [5, 5.41) is 0. The van der Waals surface area contributed by atoms with Gasteiger partial charge in [-0.3, -0.25) is 0 Å². The van der Waals surface area contributed by atoms with Crippen molar-refractivity contribution in [2.24, 2.45) is 11.8 Å². The Labute approximate surface area is 91.3 Å². The molecule has 2 aliphatic carbocycles. The summed E-state index contributed by atoms with van der Waals surface area (Å²) in [7, 11) is 0. The fourth-order valence-electron chi connectivity index (χ4n) is 2.53. The van der Waals surface area contributed by atoms with Gasteiger partial charge < -0.3 is 9.47 Å². The number of rotatable bonds is 6. The average molecular weight is 206 g/mol. The Kier molecular flexibility index (Phi) is 3.39. The minimum atomic E-state index is 0.206. The predicted molar refractivity (Wildman–Crippen MR) is 60.6 cm³/mol. The van der Waals surface area contributed by atoms with Crippen molar-refractivity contribution in [2.45, 2.75) is 18.6 Å². The van der Waals surface area contributed by atoms with Crippen LogP contribution in [0.1, 0.15) is 6.42 Å². The predicted octanol–water partition coefficient (Wildman–Crippen LogP) is 2.33. The minimum absolute atomic E-state index is 0.206. The molecule has 1 saturated carbocycles. The van der Waals surface area contributed by atoms with Crippen LogP contribution in [0, 0.1) is 11.8 Å². The molecule has 0 saturated heterocycles. The van der Waals surface area contributed by atoms with Crippen molar-refractivity contribution in [1.82, 2.24) is 0 Å². The van der Waals surface area contributed by atoms with Gasteiger partial charge in [0.15, 0.2) is 0 Å². The molecule has 4 atom stereocenters. The van der Waals surface area contributed by atoms with Crippen molar-refractivity contribution in [1.29, 1.82) is 0 Å². The summed E-state index contributed by atoms with van der Waals surface area (Å²) in [6.07, 6.45) is 9.68. The Morgan fingerprint density at radius 3 is 1.87 bits per heavy atom. The van der Waals surface area contributed by atoms with Crippen LogP contribution in [0.25, 0.3) is 0 Å². The van der Waals surface area contributed by atoms with Crippen molar-refractivity contribution in [3.8, 4) is 0 Å². The number of fused-ring (bicyclic) bond motifs is 2. The lowest BCUT2D eigenvalue weighted by molar-refractivity contribution is -0.0626. The van der Waals surface area contributed by atoms with Gasteiger partial charge in [-0.15, -0.1) is 13.2 Å². The van der Waals surface area contributed by atoms with Crippen LogP contribution < -0.4 is 0 Å². The van der Waals surface area contributed by atoms with Crippen LogP contribution in [0.4, 0.5) is 0 Å². The van der Waals surface area contributed by atoms with Gasteiger partial charge in [-0.2, -0.15) is 0 Å². The molecule has 2 heteroatoms. The van der Waals surface area contributed by atoms with E-state index >= 15 is 0 Å². The highest BCUT2D eigenvalue weighted by atomic mass is 16.5. The lowest BCUT2D eigenvalue weighted by Crippen LogP contribution is -2.35. The van der Waals surface area contributed by atoms with Crippen LogP contribution in [0.3, 0.4) is 0 Å². The third kappa shape index (κ3) is 2.06. The smallest absolute Gasteiger partial charge is 0.0909 e. The quantitative estimate of drug-likeness (QED) is 0.621. The third-order valence-electron chi connectivity index (χ3n) is 3.13. The molecular formula is C13H18O2. The Bertz CT molecular complexity index is 244. The van der Waals surface area contributed by atoms with E-state index in [9.17, 15) is 0 Å². The van der Waals surface area contributed by atoms with Gasteiger partial charge in [0.25, 0.3) is 0 Å². The first-order valence-electron chi connectivity index (χ1n) is 5.50. The molecule has 0 N–H and O–H groups in total. The maximum absolute atomic E-state index is 5.77. The highest BCUT2D eigenvalue weighted by Crippen LogP contribution is 2.42. The Morgan fingerprint density at radius 1 is 1.00 bits per heavy atom. The molecule has 82 valence electrons. The van der Waals surface area contributed by atoms with Crippen LogP contribution >= 0.6 is 0 Å². The van der Waals surface area contributed by atoms with Crippen molar-refractivity contribution in [2.75, 3.05) is 13.2 Å². The van der Waals surface area contributed by atoms with Crippen molar-refractivity contribution in [3.05, 3.63) is 37.5 Å². The van der Waals surface area contributed by atoms with Gasteiger partial charge in [-0.05, 0) is 6.42 Å². The molecule has 0 aliphatic heterocycles. The SMILES string of the molecule is C=CCOC1C2C=CC(C2)[C@H]1OCC=C. The fraction of sp³-hybridized carbons (Fsp3) is 0.538. The van der Waals surface area contributed by atoms with E-state index in [2.05, 4.69) is 25.3 Å². The molecule has 0 aromatic heterocycles. The summed E-state index contributed by atoms with van der Waals surface area (Å²) in [5.74, 6) is 1.06. The molecule has 2 bridgehead atoms. The zero-order valence-electron chi connectivity index (χ0n) is 8.97. The normalized spacial score (nSPS) is 37.1. The van der Waals surface area contributed by atoms with Gasteiger partial charge in [0.05, 0.1) is 25.4 Å². The summed E-state index contributed by atoms with van der Waals surface area (Å²) in [4.78, 5) is 0. The molecule has 0 amide bonds. The van der Waals surface area contributed by atoms with Gasteiger partial charge in [0.1, 0.15) is 0 Å². The van der Waals surface area contributed by atoms with Crippen molar-refractivity contribution < 1.29 is 9.47 Å². The molecular weight excluding hydrogens is 188 g/mol. The summed E-state index contributed by atoms with van der Waals surface area (Å²) < 4.78 is 11.5. The second-order valence-electron chi connectivity index (χ2n) is 4.12. The second-order valence-corrected chi connectivity index (χ2v) is 4.12. The first-order valence-corrected chi connectivity index (χ1v) is 5.50. The summed E-state index contributed by atoms with van der Waals surface area (Å²) in [5.41, 5.74) is 0. The number of hydrogen-bond donors (Lipinski definition) is 0. The highest BCUT2D eigenvalue weighted by molar-refractivity contribution is 5.16. The summed E-state index contributed by atoms with van der Waals surface area (Å²) >= 11 is 0. The molecule has 0 aromatic rings. The molecule has 3 unspecified atom stereocenters. The van der Waals surface area contributed by atoms with E-state index in [0.717, 1.165) is 0 Å². The highest BCUT2D eigenvalue weighted by Gasteiger charge is 2.45.